The summed E-state index contributed by atoms with van der Waals surface area (Å²) in [5.74, 6) is 0.0914. The number of rotatable bonds is 1. The van der Waals surface area contributed by atoms with Crippen LogP contribution in [0.15, 0.2) is 11.6 Å². The molecule has 0 aliphatic heterocycles. The monoisotopic (exact) mass is 145 g/mol. The first-order chi connectivity index (χ1) is 4.29. The number of aromatic nitrogens is 1. The van der Waals surface area contributed by atoms with Crippen LogP contribution in [-0.2, 0) is 4.79 Å². The van der Waals surface area contributed by atoms with Crippen LogP contribution >= 0.6 is 11.3 Å². The molecule has 3 nitrogen and oxygen atoms in total. The van der Waals surface area contributed by atoms with Gasteiger partial charge in [0.15, 0.2) is 0 Å². The van der Waals surface area contributed by atoms with Gasteiger partial charge in [0.25, 0.3) is 0 Å². The zero-order valence-corrected chi connectivity index (χ0v) is 5.98. The van der Waals surface area contributed by atoms with Crippen LogP contribution in [0.4, 0.5) is 5.13 Å². The van der Waals surface area contributed by atoms with Gasteiger partial charge < -0.3 is 0 Å². The molecule has 0 atom stereocenters. The molecule has 0 spiro atoms. The highest BCUT2D eigenvalue weighted by Crippen LogP contribution is 1.96. The fourth-order valence-electron chi connectivity index (χ4n) is 0.549. The molecule has 1 aromatic heterocycles. The summed E-state index contributed by atoms with van der Waals surface area (Å²) in [6.07, 6.45) is 1.83. The van der Waals surface area contributed by atoms with Gasteiger partial charge in [-0.3, -0.25) is 0 Å². The van der Waals surface area contributed by atoms with Gasteiger partial charge in [0.05, 0.1) is 18.3 Å². The Balaban J connectivity index is 2.58. The number of H-pyrrole nitrogens is 1. The summed E-state index contributed by atoms with van der Waals surface area (Å²) in [5.41, 5.74) is 0. The molecule has 0 aliphatic carbocycles. The maximum Gasteiger partial charge on any atom is 0.571 e. The smallest absolute Gasteiger partial charge is 0.231 e. The molecular weight excluding hydrogens is 136 g/mol. The lowest BCUT2D eigenvalue weighted by Crippen LogP contribution is -2.82. The van der Waals surface area contributed by atoms with Gasteiger partial charge in [-0.15, -0.1) is 10.3 Å². The van der Waals surface area contributed by atoms with Crippen LogP contribution in [0.25, 0.3) is 0 Å². The number of amides is 1. The van der Waals surface area contributed by atoms with Gasteiger partial charge in [-0.2, -0.15) is 0 Å². The predicted molar refractivity (Wildman–Crippen MR) is 34.5 cm³/mol. The Morgan fingerprint density at radius 3 is 3.11 bits per heavy atom. The van der Waals surface area contributed by atoms with E-state index in [4.69, 9.17) is 0 Å². The zero-order chi connectivity index (χ0) is 6.69. The van der Waals surface area contributed by atoms with Gasteiger partial charge >= 0.3 is 11.0 Å². The van der Waals surface area contributed by atoms with E-state index in [9.17, 15) is 4.79 Å². The van der Waals surface area contributed by atoms with Gasteiger partial charge in [-0.05, 0) is 0 Å². The minimum atomic E-state index is 0.0914. The second-order valence-electron chi connectivity index (χ2n) is 1.73. The Morgan fingerprint density at radius 2 is 2.67 bits per heavy atom. The number of thiazole rings is 1. The molecule has 1 aromatic rings. The van der Waals surface area contributed by atoms with Crippen LogP contribution in [0, 0.1) is 0 Å². The summed E-state index contributed by atoms with van der Waals surface area (Å²) in [6, 6.07) is 0. The molecule has 48 valence electrons. The Hall–Kier alpha value is -0.740. The van der Waals surface area contributed by atoms with Crippen LogP contribution < -0.4 is 10.3 Å². The van der Waals surface area contributed by atoms with E-state index in [1.165, 1.54) is 0 Å². The second-order valence-corrected chi connectivity index (χ2v) is 2.77. The van der Waals surface area contributed by atoms with E-state index in [0.717, 1.165) is 16.5 Å². The standard InChI is InChI=1S/C5H6N2OS/c1-4(8)7-5-6-2-3-9-5/h2-3H,1H3,(H,6,7,8)/p+3. The molecule has 0 bridgehead atoms. The molecule has 0 saturated heterocycles. The van der Waals surface area contributed by atoms with Crippen LogP contribution in [0.5, 0.6) is 0 Å². The van der Waals surface area contributed by atoms with E-state index >= 15 is 0 Å². The van der Waals surface area contributed by atoms with Gasteiger partial charge in [0, 0.05) is 0 Å². The lowest BCUT2D eigenvalue weighted by Gasteiger charge is -1.73. The van der Waals surface area contributed by atoms with E-state index in [0.29, 0.717) is 0 Å². The summed E-state index contributed by atoms with van der Waals surface area (Å²) < 4.78 is 0. The summed E-state index contributed by atoms with van der Waals surface area (Å²) >= 11 is 1.08. The van der Waals surface area contributed by atoms with Crippen molar-refractivity contribution < 1.29 is 15.1 Å². The van der Waals surface area contributed by atoms with E-state index < -0.39 is 0 Å². The van der Waals surface area contributed by atoms with E-state index in [2.05, 4.69) is 4.98 Å². The lowest BCUT2D eigenvalue weighted by atomic mass is 10.7. The summed E-state index contributed by atoms with van der Waals surface area (Å²) in [5, 5.41) is 4.51. The van der Waals surface area contributed by atoms with E-state index in [1.807, 2.05) is 11.6 Å². The summed E-state index contributed by atoms with van der Waals surface area (Å²) in [6.45, 7) is 1.54. The number of carbonyl (C=O) groups excluding carboxylic acids is 1. The van der Waals surface area contributed by atoms with Gasteiger partial charge in [0.1, 0.15) is 0 Å². The van der Waals surface area contributed by atoms with Crippen molar-refractivity contribution in [2.75, 3.05) is 0 Å². The molecule has 1 heterocycles. The summed E-state index contributed by atoms with van der Waals surface area (Å²) in [4.78, 5) is 13.4. The molecule has 0 aliphatic rings. The minimum absolute atomic E-state index is 0.0914. The molecule has 0 aromatic carbocycles. The number of aromatic amines is 1. The molecule has 0 saturated carbocycles. The number of hydrogen-bond donors (Lipinski definition) is 1. The number of hydrogen-bond acceptors (Lipinski definition) is 1. The van der Waals surface area contributed by atoms with Crippen molar-refractivity contribution in [3.63, 3.8) is 0 Å². The Morgan fingerprint density at radius 1 is 1.89 bits per heavy atom. The average Bonchev–Trinajstić information content (AvgIpc) is 2.15. The summed E-state index contributed by atoms with van der Waals surface area (Å²) in [7, 11) is 0. The third kappa shape index (κ3) is 1.91. The van der Waals surface area contributed by atoms with Crippen molar-refractivity contribution in [2.45, 2.75) is 6.92 Å². The number of quaternary nitrogens is 1. The van der Waals surface area contributed by atoms with E-state index in [-0.39, 0.29) is 5.91 Å². The molecular formula is C5H9N2OS+3. The molecule has 1 amide bonds. The van der Waals surface area contributed by atoms with Crippen molar-refractivity contribution in [1.82, 2.24) is 0 Å². The van der Waals surface area contributed by atoms with Crippen molar-refractivity contribution in [3.05, 3.63) is 11.6 Å². The van der Waals surface area contributed by atoms with Crippen LogP contribution in [0.2, 0.25) is 0 Å². The van der Waals surface area contributed by atoms with Gasteiger partial charge in [0.2, 0.25) is 11.6 Å². The third-order valence-electron chi connectivity index (χ3n) is 0.859. The van der Waals surface area contributed by atoms with Crippen molar-refractivity contribution in [2.24, 2.45) is 0 Å². The minimum Gasteiger partial charge on any atom is -0.231 e. The lowest BCUT2D eigenvalue weighted by molar-refractivity contribution is -0.573. The van der Waals surface area contributed by atoms with Crippen molar-refractivity contribution >= 4 is 22.4 Å². The average molecular weight is 145 g/mol. The number of nitrogens with two attached hydrogens (primary N) is 1. The molecule has 0 fully saturated rings. The quantitative estimate of drug-likeness (QED) is 0.508. The molecule has 0 unspecified atom stereocenters. The topological polar surface area (TPSA) is 47.8 Å². The van der Waals surface area contributed by atoms with Crippen LogP contribution in [0.1, 0.15) is 6.92 Å². The Bertz CT molecular complexity index is 195. The Labute approximate surface area is 56.7 Å². The molecule has 0 radical (unpaired) electrons. The number of carbonyl (C=O) groups is 1. The largest absolute Gasteiger partial charge is 0.571 e. The molecule has 4 heteroatoms. The SMILES string of the molecule is CC(=O)[NH2+]c1[nH+]cc[sH+]1. The molecule has 1 rings (SSSR count). The number of nitrogens with one attached hydrogen (secondary N) is 1. The first-order valence-corrected chi connectivity index (χ1v) is 3.60. The first-order valence-electron chi connectivity index (χ1n) is 2.64. The maximum atomic E-state index is 10.5. The van der Waals surface area contributed by atoms with Gasteiger partial charge in [-0.1, -0.05) is 0 Å². The fourth-order valence-corrected chi connectivity index (χ4v) is 1.26. The van der Waals surface area contributed by atoms with E-state index in [1.54, 1.807) is 12.2 Å². The van der Waals surface area contributed by atoms with Crippen LogP contribution in [0.3, 0.4) is 0 Å². The van der Waals surface area contributed by atoms with Crippen LogP contribution in [-0.4, -0.2) is 5.91 Å². The molecule has 9 heavy (non-hydrogen) atoms. The number of primary amides is 1. The van der Waals surface area contributed by atoms with Crippen molar-refractivity contribution in [1.29, 1.82) is 0 Å². The van der Waals surface area contributed by atoms with Crippen molar-refractivity contribution in [3.8, 4) is 0 Å². The predicted octanol–water partition coefficient (Wildman–Crippen LogP) is -0.964. The van der Waals surface area contributed by atoms with Gasteiger partial charge in [-0.25, -0.2) is 4.79 Å². The molecule has 3 N–H and O–H groups in total. The fraction of sp³-hybridized carbons (Fsp3) is 0.200. The second kappa shape index (κ2) is 2.70. The third-order valence-corrected chi connectivity index (χ3v) is 1.69. The highest BCUT2D eigenvalue weighted by atomic mass is 32.1. The normalized spacial score (nSPS) is 9.44. The Kier molecular flexibility index (Phi) is 1.92. The highest BCUT2D eigenvalue weighted by Gasteiger charge is 2.15. The maximum absolute atomic E-state index is 10.5. The zero-order valence-electron chi connectivity index (χ0n) is 5.09. The first kappa shape index (κ1) is 6.38. The highest BCUT2D eigenvalue weighted by molar-refractivity contribution is 7.12.